The van der Waals surface area contributed by atoms with Crippen molar-refractivity contribution in [3.05, 3.63) is 130 Å². The molecule has 0 aliphatic carbocycles. The number of fused-ring (bicyclic) bond motifs is 2. The summed E-state index contributed by atoms with van der Waals surface area (Å²) in [6, 6.07) is 28.0. The zero-order valence-corrected chi connectivity index (χ0v) is 19.3. The van der Waals surface area contributed by atoms with Gasteiger partial charge < -0.3 is 9.97 Å². The largest absolute Gasteiger partial charge is 0.337 e. The van der Waals surface area contributed by atoms with Crippen molar-refractivity contribution >= 4 is 44.9 Å². The Kier molecular flexibility index (Phi) is 5.35. The smallest absolute Gasteiger partial charge is 0.278 e. The van der Waals surface area contributed by atoms with Gasteiger partial charge in [0.05, 0.1) is 43.8 Å². The van der Waals surface area contributed by atoms with E-state index < -0.39 is 4.92 Å². The van der Waals surface area contributed by atoms with Crippen molar-refractivity contribution in [2.45, 2.75) is 0 Å². The number of imidazole rings is 2. The first-order chi connectivity index (χ1) is 18.1. The Hall–Kier alpha value is -5.44. The third-order valence-electron chi connectivity index (χ3n) is 5.95. The first-order valence-electron chi connectivity index (χ1n) is 11.4. The molecule has 2 aromatic heterocycles. The van der Waals surface area contributed by atoms with E-state index in [1.54, 1.807) is 42.5 Å². The van der Waals surface area contributed by atoms with E-state index in [9.17, 15) is 14.9 Å². The first-order valence-corrected chi connectivity index (χ1v) is 11.4. The number of carbonyl (C=O) groups excluding carboxylic acids is 1. The Bertz CT molecular complexity index is 1780. The van der Waals surface area contributed by atoms with Crippen molar-refractivity contribution < 1.29 is 9.72 Å². The average Bonchev–Trinajstić information content (AvgIpc) is 3.56. The predicted octanol–water partition coefficient (Wildman–Crippen LogP) is 5.75. The van der Waals surface area contributed by atoms with E-state index in [2.05, 4.69) is 19.9 Å². The molecule has 0 saturated carbocycles. The summed E-state index contributed by atoms with van der Waals surface area (Å²) in [5.74, 6) is 0.184. The summed E-state index contributed by atoms with van der Waals surface area (Å²) in [6.07, 6.45) is 0. The molecule has 6 aromatic rings. The van der Waals surface area contributed by atoms with Crippen molar-refractivity contribution in [1.29, 1.82) is 0 Å². The van der Waals surface area contributed by atoms with Gasteiger partial charge in [-0.1, -0.05) is 48.5 Å². The van der Waals surface area contributed by atoms with Gasteiger partial charge in [-0.3, -0.25) is 14.9 Å². The number of rotatable bonds is 6. The summed E-state index contributed by atoms with van der Waals surface area (Å²) in [7, 11) is 0. The summed E-state index contributed by atoms with van der Waals surface area (Å²) in [6.45, 7) is 0. The van der Waals surface area contributed by atoms with Gasteiger partial charge in [-0.15, -0.1) is 0 Å². The third kappa shape index (κ3) is 4.04. The molecule has 0 bridgehead atoms. The van der Waals surface area contributed by atoms with Crippen LogP contribution < -0.4 is 0 Å². The molecular weight excluding hydrogens is 468 g/mol. The number of hydrogen-bond acceptors (Lipinski definition) is 6. The van der Waals surface area contributed by atoms with Crippen LogP contribution in [0.2, 0.25) is 0 Å². The lowest BCUT2D eigenvalue weighted by Gasteiger charge is -2.08. The zero-order chi connectivity index (χ0) is 25.4. The molecule has 0 saturated heterocycles. The number of nitrogens with one attached hydrogen (secondary N) is 2. The number of aromatic nitrogens is 4. The zero-order valence-electron chi connectivity index (χ0n) is 19.3. The number of benzene rings is 4. The third-order valence-corrected chi connectivity index (χ3v) is 5.95. The second-order valence-electron chi connectivity index (χ2n) is 8.29. The second kappa shape index (κ2) is 8.97. The highest BCUT2D eigenvalue weighted by Crippen LogP contribution is 2.28. The summed E-state index contributed by atoms with van der Waals surface area (Å²) in [5.41, 5.74) is 3.90. The van der Waals surface area contributed by atoms with E-state index in [1.807, 2.05) is 48.5 Å². The number of hydrogen-bond donors (Lipinski definition) is 2. The number of ketones is 1. The fraction of sp³-hybridized carbons (Fsp3) is 0. The Morgan fingerprint density at radius 3 is 1.92 bits per heavy atom. The molecule has 37 heavy (non-hydrogen) atoms. The van der Waals surface area contributed by atoms with E-state index in [4.69, 9.17) is 4.99 Å². The van der Waals surface area contributed by atoms with E-state index in [1.165, 1.54) is 6.07 Å². The topological polar surface area (TPSA) is 130 Å². The van der Waals surface area contributed by atoms with E-state index in [-0.39, 0.29) is 28.6 Å². The van der Waals surface area contributed by atoms with Crippen LogP contribution in [0.25, 0.3) is 22.1 Å². The summed E-state index contributed by atoms with van der Waals surface area (Å²) < 4.78 is 0. The number of aliphatic imine (C=N–C) groups is 1. The van der Waals surface area contributed by atoms with Gasteiger partial charge in [0, 0.05) is 6.07 Å². The van der Waals surface area contributed by atoms with Gasteiger partial charge in [0.1, 0.15) is 5.71 Å². The van der Waals surface area contributed by atoms with Gasteiger partial charge in [-0.05, 0) is 42.5 Å². The number of nitro groups is 1. The van der Waals surface area contributed by atoms with E-state index in [0.29, 0.717) is 28.1 Å². The molecule has 0 amide bonds. The molecule has 6 rings (SSSR count). The summed E-state index contributed by atoms with van der Waals surface area (Å²) in [5, 5.41) is 11.9. The quantitative estimate of drug-likeness (QED) is 0.134. The van der Waals surface area contributed by atoms with Crippen molar-refractivity contribution in [3.63, 3.8) is 0 Å². The van der Waals surface area contributed by atoms with Crippen molar-refractivity contribution in [3.8, 4) is 0 Å². The van der Waals surface area contributed by atoms with Gasteiger partial charge >= 0.3 is 0 Å². The SMILES string of the molecule is O=C(c1nc2ccccc2[nH]1)c1ccccc1N=C(c1nc2ccccc2[nH]1)c1ccccc1[N+](=O)[O-]. The maximum absolute atomic E-state index is 13.5. The predicted molar refractivity (Wildman–Crippen MR) is 140 cm³/mol. The maximum atomic E-state index is 13.5. The van der Waals surface area contributed by atoms with Crippen molar-refractivity contribution in [2.24, 2.45) is 4.99 Å². The Balaban J connectivity index is 1.54. The van der Waals surface area contributed by atoms with Gasteiger partial charge in [0.2, 0.25) is 5.78 Å². The minimum atomic E-state index is -0.459. The minimum Gasteiger partial charge on any atom is -0.337 e. The van der Waals surface area contributed by atoms with Crippen LogP contribution in [-0.4, -0.2) is 36.4 Å². The number of para-hydroxylation sites is 6. The molecule has 0 unspecified atom stereocenters. The summed E-state index contributed by atoms with van der Waals surface area (Å²) >= 11 is 0. The van der Waals surface area contributed by atoms with Crippen LogP contribution in [0.3, 0.4) is 0 Å². The molecule has 2 N–H and O–H groups in total. The Morgan fingerprint density at radius 1 is 0.703 bits per heavy atom. The van der Waals surface area contributed by atoms with Crippen LogP contribution in [0.5, 0.6) is 0 Å². The standard InChI is InChI=1S/C28H18N6O3/c35-26(28-32-22-14-6-7-15-23(22)33-28)17-9-1-3-11-19(17)29-25(18-10-2-8-16-24(18)34(36)37)27-30-20-12-4-5-13-21(20)31-27/h1-16H,(H,30,31)(H,32,33). The van der Waals surface area contributed by atoms with Crippen molar-refractivity contribution in [1.82, 2.24) is 19.9 Å². The van der Waals surface area contributed by atoms with Crippen LogP contribution in [0.4, 0.5) is 11.4 Å². The van der Waals surface area contributed by atoms with Crippen LogP contribution >= 0.6 is 0 Å². The van der Waals surface area contributed by atoms with Crippen LogP contribution in [0, 0.1) is 10.1 Å². The molecule has 9 nitrogen and oxygen atoms in total. The first kappa shape index (κ1) is 22.1. The number of nitrogens with zero attached hydrogens (tertiary/aromatic N) is 4. The average molecular weight is 486 g/mol. The van der Waals surface area contributed by atoms with E-state index >= 15 is 0 Å². The lowest BCUT2D eigenvalue weighted by molar-refractivity contribution is -0.385. The second-order valence-corrected chi connectivity index (χ2v) is 8.29. The molecule has 2 heterocycles. The molecule has 9 heteroatoms. The summed E-state index contributed by atoms with van der Waals surface area (Å²) in [4.78, 5) is 45.1. The monoisotopic (exact) mass is 486 g/mol. The number of carbonyl (C=O) groups is 1. The molecule has 0 radical (unpaired) electrons. The highest BCUT2D eigenvalue weighted by atomic mass is 16.6. The molecule has 0 aliphatic heterocycles. The van der Waals surface area contributed by atoms with Crippen LogP contribution in [0.15, 0.2) is 102 Å². The molecule has 4 aromatic carbocycles. The molecule has 0 aliphatic rings. The highest BCUT2D eigenvalue weighted by molar-refractivity contribution is 6.17. The van der Waals surface area contributed by atoms with E-state index in [0.717, 1.165) is 11.0 Å². The van der Waals surface area contributed by atoms with Gasteiger partial charge in [-0.2, -0.15) is 0 Å². The molecule has 0 atom stereocenters. The molecule has 0 spiro atoms. The van der Waals surface area contributed by atoms with Gasteiger partial charge in [-0.25, -0.2) is 15.0 Å². The van der Waals surface area contributed by atoms with Crippen LogP contribution in [-0.2, 0) is 0 Å². The molecule has 178 valence electrons. The Labute approximate surface area is 209 Å². The molecule has 0 fully saturated rings. The number of nitro benzene ring substituents is 1. The number of aromatic amines is 2. The molecular formula is C28H18N6O3. The number of H-pyrrole nitrogens is 2. The van der Waals surface area contributed by atoms with Crippen molar-refractivity contribution in [2.75, 3.05) is 0 Å². The lowest BCUT2D eigenvalue weighted by atomic mass is 10.1. The maximum Gasteiger partial charge on any atom is 0.278 e. The highest BCUT2D eigenvalue weighted by Gasteiger charge is 2.24. The fourth-order valence-corrected chi connectivity index (χ4v) is 4.21. The minimum absolute atomic E-state index is 0.122. The van der Waals surface area contributed by atoms with Gasteiger partial charge in [0.25, 0.3) is 5.69 Å². The fourth-order valence-electron chi connectivity index (χ4n) is 4.21. The van der Waals surface area contributed by atoms with Crippen LogP contribution in [0.1, 0.15) is 27.6 Å². The normalized spacial score (nSPS) is 11.7. The Morgan fingerprint density at radius 2 is 1.24 bits per heavy atom. The lowest BCUT2D eigenvalue weighted by Crippen LogP contribution is -2.10. The van der Waals surface area contributed by atoms with Gasteiger partial charge in [0.15, 0.2) is 11.6 Å².